The summed E-state index contributed by atoms with van der Waals surface area (Å²) in [4.78, 5) is 12.6. The Morgan fingerprint density at radius 2 is 1.72 bits per heavy atom. The monoisotopic (exact) mass is 405 g/mol. The molecule has 2 aromatic rings. The van der Waals surface area contributed by atoms with Gasteiger partial charge >= 0.3 is 5.97 Å². The van der Waals surface area contributed by atoms with Crippen LogP contribution in [-0.2, 0) is 14.9 Å². The molecule has 2 aromatic carbocycles. The predicted octanol–water partition coefficient (Wildman–Crippen LogP) is 5.52. The van der Waals surface area contributed by atoms with Crippen LogP contribution < -0.4 is 5.73 Å². The Hall–Kier alpha value is -2.51. The first-order valence-corrected chi connectivity index (χ1v) is 13.9. The smallest absolute Gasteiger partial charge is 0.307 e. The summed E-state index contributed by atoms with van der Waals surface area (Å²) in [5, 5.41) is 0. The minimum Gasteiger partial charge on any atom is -0.466 e. The summed E-state index contributed by atoms with van der Waals surface area (Å²) >= 11 is 0. The Labute approximate surface area is 175 Å². The van der Waals surface area contributed by atoms with Gasteiger partial charge in [0.2, 0.25) is 0 Å². The largest absolute Gasteiger partial charge is 0.466 e. The Kier molecular flexibility index (Phi) is 5.91. The second-order valence-corrected chi connectivity index (χ2v) is 13.6. The maximum absolute atomic E-state index is 12.6. The third kappa shape index (κ3) is 4.25. The van der Waals surface area contributed by atoms with Crippen molar-refractivity contribution in [2.75, 3.05) is 12.3 Å². The molecule has 0 bridgehead atoms. The van der Waals surface area contributed by atoms with Crippen LogP contribution in [0.3, 0.4) is 0 Å². The van der Waals surface area contributed by atoms with Gasteiger partial charge in [-0.1, -0.05) is 51.0 Å². The van der Waals surface area contributed by atoms with Crippen LogP contribution in [0.5, 0.6) is 0 Å². The van der Waals surface area contributed by atoms with Gasteiger partial charge in [-0.25, -0.2) is 0 Å². The lowest BCUT2D eigenvalue weighted by Crippen LogP contribution is -2.30. The molecule has 0 fully saturated rings. The van der Waals surface area contributed by atoms with Gasteiger partial charge in [-0.15, -0.1) is 5.54 Å². The molecule has 152 valence electrons. The molecule has 1 aliphatic rings. The zero-order valence-electron chi connectivity index (χ0n) is 18.2. The van der Waals surface area contributed by atoms with Gasteiger partial charge in [-0.2, -0.15) is 0 Å². The number of anilines is 1. The number of carbonyl (C=O) groups is 1. The summed E-state index contributed by atoms with van der Waals surface area (Å²) in [7, 11) is -1.48. The van der Waals surface area contributed by atoms with Crippen molar-refractivity contribution in [1.29, 1.82) is 0 Å². The highest BCUT2D eigenvalue weighted by molar-refractivity contribution is 6.83. The first-order chi connectivity index (χ1) is 13.7. The van der Waals surface area contributed by atoms with E-state index < -0.39 is 13.5 Å². The van der Waals surface area contributed by atoms with Crippen molar-refractivity contribution in [2.45, 2.75) is 58.2 Å². The second-order valence-electron chi connectivity index (χ2n) is 8.88. The van der Waals surface area contributed by atoms with Gasteiger partial charge in [0, 0.05) is 16.7 Å². The molecule has 0 heterocycles. The van der Waals surface area contributed by atoms with Gasteiger partial charge in [0.15, 0.2) is 0 Å². The quantitative estimate of drug-likeness (QED) is 0.308. The molecule has 3 nitrogen and oxygen atoms in total. The normalized spacial score (nSPS) is 17.1. The number of nitrogens with two attached hydrogens (primary N) is 1. The molecule has 3 rings (SSSR count). The molecular formula is C25H31NO2Si. The SMILES string of the molecule is CCCC1(CC(=O)OCC)c2cc(N)ccc2-c2ccc(C#C[Si](C)(C)C)cc21. The van der Waals surface area contributed by atoms with Crippen LogP contribution >= 0.6 is 0 Å². The summed E-state index contributed by atoms with van der Waals surface area (Å²) in [6, 6.07) is 12.5. The Morgan fingerprint density at radius 1 is 1.07 bits per heavy atom. The number of esters is 1. The zero-order chi connectivity index (χ0) is 21.2. The van der Waals surface area contributed by atoms with E-state index in [1.807, 2.05) is 19.1 Å². The van der Waals surface area contributed by atoms with Gasteiger partial charge < -0.3 is 10.5 Å². The highest BCUT2D eigenvalue weighted by Crippen LogP contribution is 2.54. The molecular weight excluding hydrogens is 374 g/mol. The molecule has 1 atom stereocenters. The summed E-state index contributed by atoms with van der Waals surface area (Å²) in [5.41, 5.74) is 15.6. The topological polar surface area (TPSA) is 52.3 Å². The minimum atomic E-state index is -1.48. The second kappa shape index (κ2) is 8.08. The van der Waals surface area contributed by atoms with E-state index in [1.54, 1.807) is 0 Å². The summed E-state index contributed by atoms with van der Waals surface area (Å²) < 4.78 is 5.37. The van der Waals surface area contributed by atoms with E-state index in [0.717, 1.165) is 35.2 Å². The fourth-order valence-electron chi connectivity index (χ4n) is 4.28. The van der Waals surface area contributed by atoms with Crippen molar-refractivity contribution >= 4 is 19.7 Å². The molecule has 0 aromatic heterocycles. The average molecular weight is 406 g/mol. The van der Waals surface area contributed by atoms with Crippen LogP contribution in [0.2, 0.25) is 19.6 Å². The molecule has 1 aliphatic carbocycles. The lowest BCUT2D eigenvalue weighted by atomic mass is 9.72. The van der Waals surface area contributed by atoms with Crippen molar-refractivity contribution in [3.63, 3.8) is 0 Å². The van der Waals surface area contributed by atoms with E-state index in [4.69, 9.17) is 10.5 Å². The van der Waals surface area contributed by atoms with Gasteiger partial charge in [0.1, 0.15) is 8.07 Å². The zero-order valence-corrected chi connectivity index (χ0v) is 19.2. The molecule has 4 heteroatoms. The van der Waals surface area contributed by atoms with Gasteiger partial charge in [0.05, 0.1) is 13.0 Å². The van der Waals surface area contributed by atoms with Crippen molar-refractivity contribution in [3.8, 4) is 22.6 Å². The maximum atomic E-state index is 12.6. The number of hydrogen-bond donors (Lipinski definition) is 1. The number of rotatable bonds is 5. The highest BCUT2D eigenvalue weighted by Gasteiger charge is 2.44. The Bertz CT molecular complexity index is 994. The predicted molar refractivity (Wildman–Crippen MR) is 123 cm³/mol. The van der Waals surface area contributed by atoms with E-state index >= 15 is 0 Å². The molecule has 0 saturated heterocycles. The van der Waals surface area contributed by atoms with E-state index in [-0.39, 0.29) is 5.97 Å². The van der Waals surface area contributed by atoms with Gasteiger partial charge in [-0.05, 0) is 59.9 Å². The number of fused-ring (bicyclic) bond motifs is 3. The number of hydrogen-bond acceptors (Lipinski definition) is 3. The average Bonchev–Trinajstić information content (AvgIpc) is 2.89. The Morgan fingerprint density at radius 3 is 2.34 bits per heavy atom. The van der Waals surface area contributed by atoms with Crippen LogP contribution in [0.25, 0.3) is 11.1 Å². The first kappa shape index (κ1) is 21.2. The van der Waals surface area contributed by atoms with E-state index in [2.05, 4.69) is 62.3 Å². The van der Waals surface area contributed by atoms with Crippen molar-refractivity contribution in [1.82, 2.24) is 0 Å². The lowest BCUT2D eigenvalue weighted by Gasteiger charge is -2.31. The summed E-state index contributed by atoms with van der Waals surface area (Å²) in [5.74, 6) is 3.22. The molecule has 1 unspecified atom stereocenters. The van der Waals surface area contributed by atoms with E-state index in [1.165, 1.54) is 11.1 Å². The van der Waals surface area contributed by atoms with Crippen LogP contribution in [-0.4, -0.2) is 20.7 Å². The van der Waals surface area contributed by atoms with E-state index in [9.17, 15) is 4.79 Å². The number of nitrogen functional groups attached to an aromatic ring is 1. The fraction of sp³-hybridized carbons (Fsp3) is 0.400. The molecule has 2 N–H and O–H groups in total. The summed E-state index contributed by atoms with van der Waals surface area (Å²) in [6.07, 6.45) is 2.14. The molecule has 0 aliphatic heterocycles. The first-order valence-electron chi connectivity index (χ1n) is 10.4. The Balaban J connectivity index is 2.22. The van der Waals surface area contributed by atoms with Gasteiger partial charge in [0.25, 0.3) is 0 Å². The van der Waals surface area contributed by atoms with Crippen LogP contribution in [0.4, 0.5) is 5.69 Å². The number of carbonyl (C=O) groups excluding carboxylic acids is 1. The van der Waals surface area contributed by atoms with Crippen LogP contribution in [0.15, 0.2) is 36.4 Å². The molecule has 0 saturated carbocycles. The van der Waals surface area contributed by atoms with Crippen molar-refractivity contribution in [3.05, 3.63) is 53.1 Å². The van der Waals surface area contributed by atoms with Gasteiger partial charge in [-0.3, -0.25) is 4.79 Å². The minimum absolute atomic E-state index is 0.166. The molecule has 0 spiro atoms. The standard InChI is InChI=1S/C25H31NO2Si/c1-6-13-25(17-24(27)28-7-2)22-15-18(12-14-29(3,4)5)8-10-20(22)21-11-9-19(26)16-23(21)25/h8-11,15-16H,6-7,13,17,26H2,1-5H3. The van der Waals surface area contributed by atoms with E-state index in [0.29, 0.717) is 13.0 Å². The highest BCUT2D eigenvalue weighted by atomic mass is 28.3. The van der Waals surface area contributed by atoms with Crippen LogP contribution in [0.1, 0.15) is 49.8 Å². The van der Waals surface area contributed by atoms with Crippen molar-refractivity contribution < 1.29 is 9.53 Å². The fourth-order valence-corrected chi connectivity index (χ4v) is 4.80. The number of ether oxygens (including phenoxy) is 1. The lowest BCUT2D eigenvalue weighted by molar-refractivity contribution is -0.144. The van der Waals surface area contributed by atoms with Crippen molar-refractivity contribution in [2.24, 2.45) is 0 Å². The van der Waals surface area contributed by atoms with Crippen LogP contribution in [0, 0.1) is 11.5 Å². The third-order valence-electron chi connectivity index (χ3n) is 5.39. The number of benzene rings is 2. The molecule has 0 radical (unpaired) electrons. The molecule has 0 amide bonds. The summed E-state index contributed by atoms with van der Waals surface area (Å²) in [6.45, 7) is 11.1. The third-order valence-corrected chi connectivity index (χ3v) is 6.27. The maximum Gasteiger partial charge on any atom is 0.307 e. The molecule has 29 heavy (non-hydrogen) atoms.